The van der Waals surface area contributed by atoms with Crippen LogP contribution in [0.4, 0.5) is 8.78 Å². The first kappa shape index (κ1) is 22.2. The summed E-state index contributed by atoms with van der Waals surface area (Å²) in [7, 11) is 0. The van der Waals surface area contributed by atoms with Crippen LogP contribution in [-0.2, 0) is 6.61 Å². The van der Waals surface area contributed by atoms with E-state index in [0.29, 0.717) is 22.6 Å². The highest BCUT2D eigenvalue weighted by Gasteiger charge is 2.40. The van der Waals surface area contributed by atoms with Crippen molar-refractivity contribution in [3.8, 4) is 5.75 Å². The number of hydrogen-bond donors (Lipinski definition) is 2. The Balaban J connectivity index is 1.44. The fourth-order valence-electron chi connectivity index (χ4n) is 4.66. The molecule has 1 aliphatic carbocycles. The van der Waals surface area contributed by atoms with Crippen LogP contribution in [0.25, 0.3) is 5.65 Å². The molecule has 0 saturated heterocycles. The fraction of sp³-hybridized carbons (Fsp3) is 0.231. The molecule has 6 nitrogen and oxygen atoms in total. The molecule has 0 unspecified atom stereocenters. The molecule has 0 bridgehead atoms. The molecular formula is C26H22F2N2O4. The number of rotatable bonds is 6. The third-order valence-corrected chi connectivity index (χ3v) is 6.34. The van der Waals surface area contributed by atoms with Gasteiger partial charge >= 0.3 is 0 Å². The van der Waals surface area contributed by atoms with Crippen LogP contribution in [0, 0.1) is 18.6 Å². The summed E-state index contributed by atoms with van der Waals surface area (Å²) in [5.74, 6) is -1.95. The van der Waals surface area contributed by atoms with Gasteiger partial charge in [-0.05, 0) is 42.3 Å². The molecule has 2 aromatic heterocycles. The number of halogens is 2. The second kappa shape index (κ2) is 8.62. The number of Topliss-reactive ketones (excluding diaryl/α,β-unsaturated/α-hetero) is 1. The monoisotopic (exact) mass is 464 g/mol. The Morgan fingerprint density at radius 2 is 1.74 bits per heavy atom. The van der Waals surface area contributed by atoms with Crippen LogP contribution < -0.4 is 4.74 Å². The molecule has 0 radical (unpaired) electrons. The molecule has 1 aliphatic rings. The van der Waals surface area contributed by atoms with Crippen molar-refractivity contribution in [2.75, 3.05) is 0 Å². The summed E-state index contributed by atoms with van der Waals surface area (Å²) in [5, 5.41) is 20.9. The Hall–Kier alpha value is -3.62. The highest BCUT2D eigenvalue weighted by atomic mass is 19.1. The van der Waals surface area contributed by atoms with Crippen molar-refractivity contribution in [2.24, 2.45) is 0 Å². The van der Waals surface area contributed by atoms with E-state index < -0.39 is 29.8 Å². The average molecular weight is 464 g/mol. The highest BCUT2D eigenvalue weighted by Crippen LogP contribution is 2.43. The van der Waals surface area contributed by atoms with Gasteiger partial charge in [-0.15, -0.1) is 0 Å². The van der Waals surface area contributed by atoms with E-state index in [1.165, 1.54) is 6.07 Å². The number of hydrogen-bond acceptors (Lipinski definition) is 5. The lowest BCUT2D eigenvalue weighted by atomic mass is 9.92. The minimum absolute atomic E-state index is 0.0185. The number of benzene rings is 2. The molecule has 2 heterocycles. The van der Waals surface area contributed by atoms with Gasteiger partial charge in [-0.2, -0.15) is 0 Å². The van der Waals surface area contributed by atoms with Gasteiger partial charge in [-0.3, -0.25) is 9.20 Å². The molecule has 0 aliphatic heterocycles. The minimum atomic E-state index is -1.09. The maximum absolute atomic E-state index is 14.0. The van der Waals surface area contributed by atoms with E-state index in [2.05, 4.69) is 4.98 Å². The molecule has 5 rings (SSSR count). The first-order valence-electron chi connectivity index (χ1n) is 10.9. The van der Waals surface area contributed by atoms with Gasteiger partial charge < -0.3 is 14.9 Å². The number of fused-ring (bicyclic) bond motifs is 2. The van der Waals surface area contributed by atoms with Crippen molar-refractivity contribution in [1.82, 2.24) is 9.38 Å². The quantitative estimate of drug-likeness (QED) is 0.417. The summed E-state index contributed by atoms with van der Waals surface area (Å²) in [4.78, 5) is 17.8. The van der Waals surface area contributed by atoms with E-state index in [1.807, 2.05) is 12.1 Å². The third kappa shape index (κ3) is 3.65. The Kier molecular flexibility index (Phi) is 5.63. The zero-order valence-corrected chi connectivity index (χ0v) is 18.3. The standard InChI is InChI=1S/C26H22F2N2O4/c1-14-23(21(31)12-17-15-6-2-3-7-16(15)24(32)25(17)33)30-11-5-10-22(26(30)29-14)34-13-18-19(27)8-4-9-20(18)28/h2-11,17,24-25,32-33H,12-13H2,1H3/t17-,24+,25+/m1/s1. The van der Waals surface area contributed by atoms with Crippen LogP contribution in [-0.4, -0.2) is 31.5 Å². The van der Waals surface area contributed by atoms with Crippen molar-refractivity contribution < 1.29 is 28.5 Å². The van der Waals surface area contributed by atoms with Gasteiger partial charge in [0.2, 0.25) is 0 Å². The van der Waals surface area contributed by atoms with Crippen LogP contribution in [0.15, 0.2) is 60.8 Å². The lowest BCUT2D eigenvalue weighted by Gasteiger charge is -2.16. The maximum Gasteiger partial charge on any atom is 0.182 e. The van der Waals surface area contributed by atoms with Crippen LogP contribution in [0.1, 0.15) is 51.3 Å². The van der Waals surface area contributed by atoms with E-state index in [9.17, 15) is 23.8 Å². The second-order valence-corrected chi connectivity index (χ2v) is 8.40. The van der Waals surface area contributed by atoms with E-state index in [0.717, 1.165) is 17.7 Å². The summed E-state index contributed by atoms with van der Waals surface area (Å²) in [6.45, 7) is 1.35. The molecule has 0 saturated carbocycles. The molecule has 0 spiro atoms. The zero-order chi connectivity index (χ0) is 24.0. The topological polar surface area (TPSA) is 84.1 Å². The first-order chi connectivity index (χ1) is 16.4. The van der Waals surface area contributed by atoms with Crippen molar-refractivity contribution in [3.63, 3.8) is 0 Å². The van der Waals surface area contributed by atoms with Gasteiger partial charge in [-0.1, -0.05) is 30.3 Å². The number of imidazole rings is 1. The third-order valence-electron chi connectivity index (χ3n) is 6.34. The molecular weight excluding hydrogens is 442 g/mol. The van der Waals surface area contributed by atoms with Crippen molar-refractivity contribution in [2.45, 2.75) is 38.1 Å². The molecule has 2 aromatic carbocycles. The molecule has 3 atom stereocenters. The number of aliphatic hydroxyl groups excluding tert-OH is 2. The minimum Gasteiger partial charge on any atom is -0.485 e. The number of aryl methyl sites for hydroxylation is 1. The van der Waals surface area contributed by atoms with E-state index in [-0.39, 0.29) is 30.1 Å². The number of ketones is 1. The first-order valence-corrected chi connectivity index (χ1v) is 10.9. The van der Waals surface area contributed by atoms with Gasteiger partial charge in [0, 0.05) is 18.5 Å². The molecule has 174 valence electrons. The Labute approximate surface area is 194 Å². The fourth-order valence-corrected chi connectivity index (χ4v) is 4.66. The number of aromatic nitrogens is 2. The van der Waals surface area contributed by atoms with Crippen LogP contribution in [0.5, 0.6) is 5.75 Å². The number of ether oxygens (including phenoxy) is 1. The summed E-state index contributed by atoms with van der Waals surface area (Å²) in [6, 6.07) is 14.0. The molecule has 0 amide bonds. The summed E-state index contributed by atoms with van der Waals surface area (Å²) in [6.07, 6.45) is -0.492. The average Bonchev–Trinajstić information content (AvgIpc) is 3.28. The van der Waals surface area contributed by atoms with Gasteiger partial charge in [0.1, 0.15) is 30.0 Å². The number of nitrogens with zero attached hydrogens (tertiary/aromatic N) is 2. The van der Waals surface area contributed by atoms with E-state index in [1.54, 1.807) is 41.8 Å². The Morgan fingerprint density at radius 3 is 2.47 bits per heavy atom. The summed E-state index contributed by atoms with van der Waals surface area (Å²) >= 11 is 0. The molecule has 34 heavy (non-hydrogen) atoms. The van der Waals surface area contributed by atoms with Crippen LogP contribution >= 0.6 is 0 Å². The number of pyridine rings is 1. The van der Waals surface area contributed by atoms with Crippen molar-refractivity contribution >= 4 is 11.4 Å². The van der Waals surface area contributed by atoms with Crippen molar-refractivity contribution in [3.05, 3.63) is 101 Å². The predicted molar refractivity (Wildman–Crippen MR) is 120 cm³/mol. The van der Waals surface area contributed by atoms with Crippen LogP contribution in [0.2, 0.25) is 0 Å². The largest absolute Gasteiger partial charge is 0.485 e. The van der Waals surface area contributed by atoms with Gasteiger partial charge in [0.15, 0.2) is 17.2 Å². The smallest absolute Gasteiger partial charge is 0.182 e. The molecule has 4 aromatic rings. The zero-order valence-electron chi connectivity index (χ0n) is 18.3. The van der Waals surface area contributed by atoms with Gasteiger partial charge in [-0.25, -0.2) is 13.8 Å². The van der Waals surface area contributed by atoms with E-state index >= 15 is 0 Å². The summed E-state index contributed by atoms with van der Waals surface area (Å²) in [5.41, 5.74) is 2.30. The molecule has 8 heteroatoms. The number of aliphatic hydroxyl groups is 2. The molecule has 0 fully saturated rings. The Morgan fingerprint density at radius 1 is 1.03 bits per heavy atom. The van der Waals surface area contributed by atoms with Crippen molar-refractivity contribution in [1.29, 1.82) is 0 Å². The predicted octanol–water partition coefficient (Wildman–Crippen LogP) is 4.26. The highest BCUT2D eigenvalue weighted by molar-refractivity contribution is 5.97. The molecule has 2 N–H and O–H groups in total. The van der Waals surface area contributed by atoms with E-state index in [4.69, 9.17) is 4.74 Å². The number of carbonyl (C=O) groups excluding carboxylic acids is 1. The summed E-state index contributed by atoms with van der Waals surface area (Å²) < 4.78 is 35.2. The lowest BCUT2D eigenvalue weighted by molar-refractivity contribution is 0.0158. The van der Waals surface area contributed by atoms with Crippen LogP contribution in [0.3, 0.4) is 0 Å². The van der Waals surface area contributed by atoms with Gasteiger partial charge in [0.05, 0.1) is 17.4 Å². The normalized spacial score (nSPS) is 19.4. The van der Waals surface area contributed by atoms with Gasteiger partial charge in [0.25, 0.3) is 0 Å². The second-order valence-electron chi connectivity index (χ2n) is 8.40. The lowest BCUT2D eigenvalue weighted by Crippen LogP contribution is -2.21. The SMILES string of the molecule is Cc1nc2c(OCc3c(F)cccc3F)cccn2c1C(=O)C[C@@H]1c2ccccc2[C@H](O)[C@H]1O. The maximum atomic E-state index is 14.0. The Bertz CT molecular complexity index is 1380. The number of carbonyl (C=O) groups is 1.